The van der Waals surface area contributed by atoms with Crippen molar-refractivity contribution >= 4 is 38.6 Å². The highest BCUT2D eigenvalue weighted by Gasteiger charge is 2.49. The van der Waals surface area contributed by atoms with E-state index in [1.165, 1.54) is 6.07 Å². The molecule has 0 spiro atoms. The van der Waals surface area contributed by atoms with Crippen molar-refractivity contribution < 1.29 is 23.0 Å². The van der Waals surface area contributed by atoms with E-state index >= 15 is 4.39 Å². The number of aromatic hydroxyl groups is 1. The van der Waals surface area contributed by atoms with Crippen LogP contribution in [0.5, 0.6) is 11.8 Å². The first-order valence-electron chi connectivity index (χ1n) is 16.4. The standard InChI is InChI=1S/C36H34F2N6O3/c1-3-25-28(38)8-5-20-11-24(45)12-26(30(20)25)27-13-29-31(33-32(27)39-19(2)47-33)34(43-16-22-6-7-23(17-43)40-22)42-35(41-29)46-18-36-9-4-10-44(36)15-21(37)14-36/h1,5,8,11-13,21-23,40,45H,4,6-7,9-10,14-18H2,2H3/t21-,22-,23+,36+/m1/s1. The third-order valence-corrected chi connectivity index (χ3v) is 10.6. The maximum atomic E-state index is 15.1. The molecule has 4 atom stereocenters. The lowest BCUT2D eigenvalue weighted by Gasteiger charge is -2.34. The number of ether oxygens (including phenoxy) is 1. The van der Waals surface area contributed by atoms with Crippen molar-refractivity contribution in [2.75, 3.05) is 37.7 Å². The molecule has 5 aromatic rings. The lowest BCUT2D eigenvalue weighted by molar-refractivity contribution is 0.107. The van der Waals surface area contributed by atoms with Gasteiger partial charge >= 0.3 is 6.01 Å². The van der Waals surface area contributed by atoms with E-state index in [2.05, 4.69) is 21.0 Å². The Bertz CT molecular complexity index is 2130. The molecule has 6 heterocycles. The molecule has 2 bridgehead atoms. The molecule has 47 heavy (non-hydrogen) atoms. The summed E-state index contributed by atoms with van der Waals surface area (Å²) in [6.45, 7) is 4.90. The first kappa shape index (κ1) is 28.7. The molecular formula is C36H34F2N6O3. The molecule has 0 aliphatic carbocycles. The zero-order chi connectivity index (χ0) is 32.0. The number of hydrogen-bond donors (Lipinski definition) is 2. The van der Waals surface area contributed by atoms with E-state index in [9.17, 15) is 9.50 Å². The third kappa shape index (κ3) is 4.53. The van der Waals surface area contributed by atoms with Gasteiger partial charge in [0.15, 0.2) is 11.5 Å². The largest absolute Gasteiger partial charge is 0.508 e. The SMILES string of the molecule is C#Cc1c(F)ccc2cc(O)cc(-c3cc4nc(OC[C@@]56CCCN5C[C@H](F)C6)nc(N5C[C@H]6CC[C@@H](C5)N6)c4c4oc(C)nc34)c12. The van der Waals surface area contributed by atoms with Gasteiger partial charge in [-0.1, -0.05) is 12.0 Å². The zero-order valence-corrected chi connectivity index (χ0v) is 26.0. The van der Waals surface area contributed by atoms with Crippen LogP contribution in [-0.2, 0) is 0 Å². The number of nitrogens with one attached hydrogen (secondary N) is 1. The topological polar surface area (TPSA) is 99.8 Å². The highest BCUT2D eigenvalue weighted by molar-refractivity contribution is 6.16. The monoisotopic (exact) mass is 636 g/mol. The number of anilines is 1. The average Bonchev–Trinajstić information content (AvgIpc) is 3.80. The van der Waals surface area contributed by atoms with Crippen LogP contribution >= 0.6 is 0 Å². The Morgan fingerprint density at radius 2 is 1.94 bits per heavy atom. The summed E-state index contributed by atoms with van der Waals surface area (Å²) in [5.41, 5.74) is 2.41. The van der Waals surface area contributed by atoms with Gasteiger partial charge in [0.1, 0.15) is 35.7 Å². The van der Waals surface area contributed by atoms with Gasteiger partial charge in [-0.25, -0.2) is 13.8 Å². The number of nitrogens with zero attached hydrogens (tertiary/aromatic N) is 5. The number of halogens is 2. The van der Waals surface area contributed by atoms with E-state index in [4.69, 9.17) is 30.5 Å². The fourth-order valence-corrected chi connectivity index (χ4v) is 8.65. The van der Waals surface area contributed by atoms with Crippen LogP contribution in [0.25, 0.3) is 43.9 Å². The third-order valence-electron chi connectivity index (χ3n) is 10.6. The van der Waals surface area contributed by atoms with Gasteiger partial charge in [-0.2, -0.15) is 9.97 Å². The Morgan fingerprint density at radius 3 is 2.74 bits per heavy atom. The first-order chi connectivity index (χ1) is 22.8. The quantitative estimate of drug-likeness (QED) is 0.238. The van der Waals surface area contributed by atoms with E-state index in [1.807, 2.05) is 6.07 Å². The van der Waals surface area contributed by atoms with E-state index in [-0.39, 0.29) is 22.9 Å². The normalized spacial score (nSPS) is 25.7. The number of phenols is 1. The lowest BCUT2D eigenvalue weighted by atomic mass is 9.92. The van der Waals surface area contributed by atoms with Gasteiger partial charge in [0, 0.05) is 56.0 Å². The van der Waals surface area contributed by atoms with Gasteiger partial charge in [0.2, 0.25) is 0 Å². The molecule has 4 aliphatic rings. The summed E-state index contributed by atoms with van der Waals surface area (Å²) in [5, 5.41) is 16.3. The summed E-state index contributed by atoms with van der Waals surface area (Å²) in [7, 11) is 0. The fraction of sp³-hybridized carbons (Fsp3) is 0.417. The minimum Gasteiger partial charge on any atom is -0.508 e. The Labute approximate surface area is 269 Å². The second kappa shape index (κ2) is 10.5. The van der Waals surface area contributed by atoms with Gasteiger partial charge < -0.3 is 24.5 Å². The molecule has 2 N–H and O–H groups in total. The van der Waals surface area contributed by atoms with Gasteiger partial charge in [-0.15, -0.1) is 6.42 Å². The van der Waals surface area contributed by atoms with Crippen molar-refractivity contribution in [2.45, 2.75) is 62.8 Å². The maximum absolute atomic E-state index is 15.1. The molecule has 0 amide bonds. The average molecular weight is 637 g/mol. The molecule has 11 heteroatoms. The highest BCUT2D eigenvalue weighted by Crippen LogP contribution is 2.45. The van der Waals surface area contributed by atoms with Crippen LogP contribution in [0.3, 0.4) is 0 Å². The van der Waals surface area contributed by atoms with E-state index in [0.29, 0.717) is 87.3 Å². The molecule has 240 valence electrons. The van der Waals surface area contributed by atoms with Gasteiger partial charge in [0.25, 0.3) is 0 Å². The number of terminal acetylenes is 1. The molecule has 4 fully saturated rings. The summed E-state index contributed by atoms with van der Waals surface area (Å²) < 4.78 is 42.4. The summed E-state index contributed by atoms with van der Waals surface area (Å²) >= 11 is 0. The van der Waals surface area contributed by atoms with E-state index in [1.54, 1.807) is 25.1 Å². The predicted octanol–water partition coefficient (Wildman–Crippen LogP) is 5.62. The van der Waals surface area contributed by atoms with Gasteiger partial charge in [0.05, 0.1) is 22.0 Å². The molecule has 2 aromatic heterocycles. The second-order valence-corrected chi connectivity index (χ2v) is 13.6. The molecule has 0 radical (unpaired) electrons. The Kier molecular flexibility index (Phi) is 6.40. The van der Waals surface area contributed by atoms with Crippen LogP contribution < -0.4 is 15.0 Å². The number of alkyl halides is 1. The minimum atomic E-state index is -0.872. The molecule has 3 aromatic carbocycles. The number of fused-ring (bicyclic) bond motifs is 7. The van der Waals surface area contributed by atoms with Crippen molar-refractivity contribution in [3.63, 3.8) is 0 Å². The second-order valence-electron chi connectivity index (χ2n) is 13.6. The van der Waals surface area contributed by atoms with E-state index in [0.717, 1.165) is 45.3 Å². The number of hydrogen-bond acceptors (Lipinski definition) is 9. The zero-order valence-electron chi connectivity index (χ0n) is 26.0. The number of oxazole rings is 1. The van der Waals surface area contributed by atoms with Crippen molar-refractivity contribution in [1.82, 2.24) is 25.2 Å². The van der Waals surface area contributed by atoms with Crippen molar-refractivity contribution in [2.24, 2.45) is 0 Å². The molecular weight excluding hydrogens is 602 g/mol. The number of aromatic nitrogens is 3. The van der Waals surface area contributed by atoms with Gasteiger partial charge in [-0.3, -0.25) is 4.90 Å². The fourth-order valence-electron chi connectivity index (χ4n) is 8.65. The van der Waals surface area contributed by atoms with Crippen LogP contribution in [0.1, 0.15) is 43.6 Å². The van der Waals surface area contributed by atoms with Crippen LogP contribution in [0.2, 0.25) is 0 Å². The molecule has 0 saturated carbocycles. The summed E-state index contributed by atoms with van der Waals surface area (Å²) in [4.78, 5) is 19.2. The van der Waals surface area contributed by atoms with Crippen molar-refractivity contribution in [1.29, 1.82) is 0 Å². The van der Waals surface area contributed by atoms with Gasteiger partial charge in [-0.05, 0) is 67.4 Å². The minimum absolute atomic E-state index is 0.00217. The number of piperazine rings is 1. The molecule has 4 aliphatic heterocycles. The lowest BCUT2D eigenvalue weighted by Crippen LogP contribution is -2.51. The smallest absolute Gasteiger partial charge is 0.319 e. The molecule has 9 nitrogen and oxygen atoms in total. The Hall–Kier alpha value is -4.53. The van der Waals surface area contributed by atoms with Crippen molar-refractivity contribution in [3.8, 4) is 35.2 Å². The summed E-state index contributed by atoms with van der Waals surface area (Å²) in [6.07, 6.45) is 9.46. The van der Waals surface area contributed by atoms with Crippen LogP contribution in [0.4, 0.5) is 14.6 Å². The predicted molar refractivity (Wildman–Crippen MR) is 175 cm³/mol. The number of phenolic OH excluding ortho intramolecular Hbond substituents is 1. The van der Waals surface area contributed by atoms with Crippen LogP contribution in [-0.4, -0.2) is 81.5 Å². The molecule has 4 saturated heterocycles. The van der Waals surface area contributed by atoms with Crippen LogP contribution in [0, 0.1) is 25.1 Å². The Morgan fingerprint density at radius 1 is 1.11 bits per heavy atom. The first-order valence-corrected chi connectivity index (χ1v) is 16.4. The highest BCUT2D eigenvalue weighted by atomic mass is 19.1. The van der Waals surface area contributed by atoms with Crippen molar-refractivity contribution in [3.05, 3.63) is 47.6 Å². The summed E-state index contributed by atoms with van der Waals surface area (Å²) in [6, 6.07) is 8.81. The maximum Gasteiger partial charge on any atom is 0.319 e. The Balaban J connectivity index is 1.27. The van der Waals surface area contributed by atoms with Crippen LogP contribution in [0.15, 0.2) is 34.7 Å². The number of rotatable bonds is 5. The summed E-state index contributed by atoms with van der Waals surface area (Å²) in [5.74, 6) is 3.12. The van der Waals surface area contributed by atoms with E-state index < -0.39 is 12.0 Å². The molecule has 9 rings (SSSR count). The molecule has 0 unspecified atom stereocenters. The number of aryl methyl sites for hydroxylation is 1. The number of benzene rings is 3.